The number of hydrogen-bond donors (Lipinski definition) is 0. The molecule has 0 aliphatic rings. The van der Waals surface area contributed by atoms with E-state index in [0.29, 0.717) is 6.08 Å². The number of aliphatic carboxylic acids is 2. The third kappa shape index (κ3) is 10.9. The molecule has 0 bridgehead atoms. The molecule has 0 atom stereocenters. The lowest BCUT2D eigenvalue weighted by molar-refractivity contribution is -0.302. The van der Waals surface area contributed by atoms with E-state index in [1.54, 1.807) is 0 Å². The zero-order chi connectivity index (χ0) is 33.3. The molecule has 6 heteroatoms. The summed E-state index contributed by atoms with van der Waals surface area (Å²) in [6.45, 7) is 1.12. The first-order chi connectivity index (χ1) is 22.9. The van der Waals surface area contributed by atoms with Crippen molar-refractivity contribution in [3.05, 3.63) is 194 Å². The number of hydrogen-bond acceptors (Lipinski definition) is 4. The van der Waals surface area contributed by atoms with E-state index in [0.717, 1.165) is 6.92 Å². The highest BCUT2D eigenvalue weighted by Crippen LogP contribution is 2.31. The van der Waals surface area contributed by atoms with Crippen molar-refractivity contribution >= 4 is 33.7 Å². The average Bonchev–Trinajstić information content (AvgIpc) is 3.12. The molecule has 0 saturated carbocycles. The maximum absolute atomic E-state index is 9.76. The first-order valence-corrected chi connectivity index (χ1v) is 17.3. The summed E-state index contributed by atoms with van der Waals surface area (Å²) < 4.78 is 0. The molecular formula is C41H34O4S2. The molecule has 4 nitrogen and oxygen atoms in total. The zero-order valence-electron chi connectivity index (χ0n) is 25.8. The van der Waals surface area contributed by atoms with E-state index in [2.05, 4.69) is 182 Å². The standard InChI is InChI=1S/2C18H15S.C5H6O4/c2*1-4-10-16(11-5-1)19(17-12-6-2-7-13-17)18-14-8-3-9-15-18;1-3(5(8)9)2-4(6)7/h2*1-15H;2H,1H3,(H,6,7)(H,8,9)/q2*+1;/p-2/b;;3-2-. The van der Waals surface area contributed by atoms with Gasteiger partial charge in [0.1, 0.15) is 0 Å². The van der Waals surface area contributed by atoms with Gasteiger partial charge in [-0.05, 0) is 91.4 Å². The van der Waals surface area contributed by atoms with Gasteiger partial charge in [-0.25, -0.2) is 0 Å². The zero-order valence-corrected chi connectivity index (χ0v) is 27.5. The number of carbonyl (C=O) groups is 2. The molecule has 0 unspecified atom stereocenters. The number of carboxylic acids is 2. The van der Waals surface area contributed by atoms with Crippen molar-refractivity contribution in [1.82, 2.24) is 0 Å². The van der Waals surface area contributed by atoms with Crippen LogP contribution in [0.2, 0.25) is 0 Å². The molecule has 234 valence electrons. The van der Waals surface area contributed by atoms with Gasteiger partial charge in [-0.15, -0.1) is 0 Å². The highest BCUT2D eigenvalue weighted by Gasteiger charge is 2.28. The highest BCUT2D eigenvalue weighted by atomic mass is 32.2. The minimum atomic E-state index is -1.53. The number of carbonyl (C=O) groups excluding carboxylic acids is 2. The lowest BCUT2D eigenvalue weighted by atomic mass is 10.3. The van der Waals surface area contributed by atoms with Crippen LogP contribution < -0.4 is 10.2 Å². The molecule has 0 amide bonds. The Morgan fingerprint density at radius 3 is 0.723 bits per heavy atom. The van der Waals surface area contributed by atoms with E-state index in [1.807, 2.05) is 0 Å². The van der Waals surface area contributed by atoms with E-state index in [-0.39, 0.29) is 27.4 Å². The summed E-state index contributed by atoms with van der Waals surface area (Å²) >= 11 is 0. The molecule has 6 aromatic carbocycles. The quantitative estimate of drug-likeness (QED) is 0.131. The average molecular weight is 655 g/mol. The SMILES string of the molecule is C/C(=C/C(=O)[O-])C(=O)[O-].c1ccc([S+](c2ccccc2)c2ccccc2)cc1.c1ccc([S+](c2ccccc2)c2ccccc2)cc1. The van der Waals surface area contributed by atoms with Gasteiger partial charge in [0.05, 0.1) is 33.7 Å². The van der Waals surface area contributed by atoms with Crippen LogP contribution >= 0.6 is 0 Å². The van der Waals surface area contributed by atoms with Crippen LogP contribution in [0.15, 0.2) is 223 Å². The van der Waals surface area contributed by atoms with Crippen LogP contribution in [0.4, 0.5) is 0 Å². The van der Waals surface area contributed by atoms with Crippen molar-refractivity contribution in [1.29, 1.82) is 0 Å². The van der Waals surface area contributed by atoms with Gasteiger partial charge in [-0.1, -0.05) is 109 Å². The van der Waals surface area contributed by atoms with Crippen LogP contribution in [0.25, 0.3) is 0 Å². The van der Waals surface area contributed by atoms with Crippen LogP contribution in [0.5, 0.6) is 0 Å². The molecule has 0 N–H and O–H groups in total. The Morgan fingerprint density at radius 1 is 0.404 bits per heavy atom. The third-order valence-corrected chi connectivity index (χ3v) is 11.0. The summed E-state index contributed by atoms with van der Waals surface area (Å²) in [6.07, 6.45) is 0.468. The van der Waals surface area contributed by atoms with Crippen molar-refractivity contribution in [3.63, 3.8) is 0 Å². The minimum absolute atomic E-state index is 0.0146. The van der Waals surface area contributed by atoms with Gasteiger partial charge in [-0.2, -0.15) is 0 Å². The van der Waals surface area contributed by atoms with Gasteiger partial charge < -0.3 is 19.8 Å². The van der Waals surface area contributed by atoms with Crippen LogP contribution in [0, 0.1) is 0 Å². The normalized spacial score (nSPS) is 10.7. The number of rotatable bonds is 8. The molecule has 0 aromatic heterocycles. The molecule has 0 spiro atoms. The molecule has 0 heterocycles. The maximum atomic E-state index is 9.76. The second-order valence-corrected chi connectivity index (χ2v) is 14.0. The Labute approximate surface area is 282 Å². The second kappa shape index (κ2) is 18.6. The first-order valence-electron chi connectivity index (χ1n) is 14.8. The number of carboxylic acid groups (broad SMARTS) is 2. The van der Waals surface area contributed by atoms with Crippen molar-refractivity contribution in [2.75, 3.05) is 0 Å². The lowest BCUT2D eigenvalue weighted by Crippen LogP contribution is -2.26. The van der Waals surface area contributed by atoms with Gasteiger partial charge in [0.2, 0.25) is 0 Å². The second-order valence-electron chi connectivity index (χ2n) is 9.92. The maximum Gasteiger partial charge on any atom is 0.166 e. The summed E-state index contributed by atoms with van der Waals surface area (Å²) in [5, 5.41) is 19.4. The fourth-order valence-corrected chi connectivity index (χ4v) is 8.60. The van der Waals surface area contributed by atoms with Crippen molar-refractivity contribution in [3.8, 4) is 0 Å². The Kier molecular flexibility index (Phi) is 13.7. The molecule has 0 aliphatic heterocycles. The Hall–Kier alpha value is -5.30. The molecule has 0 fully saturated rings. The summed E-state index contributed by atoms with van der Waals surface area (Å²) in [6, 6.07) is 64.3. The van der Waals surface area contributed by atoms with Crippen molar-refractivity contribution in [2.45, 2.75) is 36.3 Å². The highest BCUT2D eigenvalue weighted by molar-refractivity contribution is 7.97. The van der Waals surface area contributed by atoms with E-state index < -0.39 is 11.9 Å². The van der Waals surface area contributed by atoms with Gasteiger partial charge in [0, 0.05) is 0 Å². The van der Waals surface area contributed by atoms with Crippen LogP contribution in [0.1, 0.15) is 6.92 Å². The predicted octanol–water partition coefficient (Wildman–Crippen LogP) is 7.00. The van der Waals surface area contributed by atoms with Crippen LogP contribution in [0.3, 0.4) is 0 Å². The molecule has 6 aromatic rings. The first kappa shape index (κ1) is 34.6. The monoisotopic (exact) mass is 654 g/mol. The smallest absolute Gasteiger partial charge is 0.166 e. The Balaban J connectivity index is 0.000000171. The molecule has 47 heavy (non-hydrogen) atoms. The summed E-state index contributed by atoms with van der Waals surface area (Å²) in [5.74, 6) is -3.03. The van der Waals surface area contributed by atoms with Gasteiger partial charge in [0.25, 0.3) is 0 Å². The Bertz CT molecular complexity index is 1510. The Morgan fingerprint density at radius 2 is 0.596 bits per heavy atom. The number of benzene rings is 6. The van der Waals surface area contributed by atoms with E-state index >= 15 is 0 Å². The third-order valence-electron chi connectivity index (χ3n) is 6.53. The predicted molar refractivity (Wildman–Crippen MR) is 187 cm³/mol. The molecule has 0 saturated heterocycles. The van der Waals surface area contributed by atoms with Gasteiger partial charge in [-0.3, -0.25) is 0 Å². The summed E-state index contributed by atoms with van der Waals surface area (Å²) in [7, 11) is -0.0293. The van der Waals surface area contributed by atoms with Crippen LogP contribution in [-0.2, 0) is 31.4 Å². The molecular weight excluding hydrogens is 621 g/mol. The lowest BCUT2D eigenvalue weighted by Gasteiger charge is -2.07. The van der Waals surface area contributed by atoms with Gasteiger partial charge >= 0.3 is 0 Å². The fraction of sp³-hybridized carbons (Fsp3) is 0.0244. The summed E-state index contributed by atoms with van der Waals surface area (Å²) in [4.78, 5) is 27.6. The van der Waals surface area contributed by atoms with E-state index in [1.165, 1.54) is 29.4 Å². The van der Waals surface area contributed by atoms with E-state index in [9.17, 15) is 19.8 Å². The largest absolute Gasteiger partial charge is 0.545 e. The summed E-state index contributed by atoms with van der Waals surface area (Å²) in [5.41, 5.74) is -0.352. The van der Waals surface area contributed by atoms with Crippen molar-refractivity contribution < 1.29 is 19.8 Å². The van der Waals surface area contributed by atoms with E-state index in [4.69, 9.17) is 0 Å². The van der Waals surface area contributed by atoms with Crippen LogP contribution in [-0.4, -0.2) is 11.9 Å². The van der Waals surface area contributed by atoms with Gasteiger partial charge in [0.15, 0.2) is 29.4 Å². The fourth-order valence-electron chi connectivity index (χ4n) is 4.39. The molecule has 6 rings (SSSR count). The topological polar surface area (TPSA) is 80.3 Å². The van der Waals surface area contributed by atoms with Crippen molar-refractivity contribution in [2.24, 2.45) is 0 Å². The molecule has 0 radical (unpaired) electrons. The molecule has 0 aliphatic carbocycles. The minimum Gasteiger partial charge on any atom is -0.545 e.